The maximum atomic E-state index is 12.4. The van der Waals surface area contributed by atoms with Gasteiger partial charge in [0.1, 0.15) is 5.75 Å². The number of nitrogens with zero attached hydrogens (tertiary/aromatic N) is 2. The maximum Gasteiger partial charge on any atom is 0.427 e. The summed E-state index contributed by atoms with van der Waals surface area (Å²) in [5.41, 5.74) is 1.76. The Kier molecular flexibility index (Phi) is 8.53. The number of hydrogen-bond donors (Lipinski definition) is 1. The lowest BCUT2D eigenvalue weighted by molar-refractivity contribution is 0.201. The average Bonchev–Trinajstić information content (AvgIpc) is 2.54. The molecule has 27 heavy (non-hydrogen) atoms. The first-order valence-corrected chi connectivity index (χ1v) is 10.4. The highest BCUT2D eigenvalue weighted by molar-refractivity contribution is 7.87. The van der Waals surface area contributed by atoms with Crippen LogP contribution in [0.25, 0.3) is 0 Å². The minimum absolute atomic E-state index is 0. The number of halogens is 1. The van der Waals surface area contributed by atoms with Crippen molar-refractivity contribution < 1.29 is 17.9 Å². The summed E-state index contributed by atoms with van der Waals surface area (Å²) in [6.45, 7) is 9.97. The fraction of sp³-hybridized carbons (Fsp3) is 0.611. The Morgan fingerprint density at radius 2 is 1.52 bits per heavy atom. The van der Waals surface area contributed by atoms with Gasteiger partial charge in [0.15, 0.2) is 0 Å². The van der Waals surface area contributed by atoms with Gasteiger partial charge < -0.3 is 9.64 Å². The quantitative estimate of drug-likeness (QED) is 0.793. The third-order valence-corrected chi connectivity index (χ3v) is 6.00. The first-order chi connectivity index (χ1) is 12.1. The molecule has 9 heteroatoms. The molecule has 1 amide bonds. The van der Waals surface area contributed by atoms with E-state index in [0.717, 1.165) is 11.1 Å². The molecule has 0 unspecified atom stereocenters. The van der Waals surface area contributed by atoms with Gasteiger partial charge in [0.05, 0.1) is 0 Å². The van der Waals surface area contributed by atoms with Crippen LogP contribution in [-0.4, -0.2) is 56.9 Å². The number of likely N-dealkylation sites (N-methyl/N-ethyl adjacent to an activating group) is 1. The predicted octanol–water partition coefficient (Wildman–Crippen LogP) is 2.94. The van der Waals surface area contributed by atoms with E-state index in [1.807, 2.05) is 62.6 Å². The van der Waals surface area contributed by atoms with Crippen LogP contribution in [0, 0.1) is 0 Å². The number of nitrogens with one attached hydrogen (secondary N) is 1. The zero-order chi connectivity index (χ0) is 19.5. The van der Waals surface area contributed by atoms with Crippen molar-refractivity contribution in [2.75, 3.05) is 33.2 Å². The molecule has 154 valence electrons. The predicted molar refractivity (Wildman–Crippen MR) is 109 cm³/mol. The van der Waals surface area contributed by atoms with E-state index in [1.54, 1.807) is 0 Å². The van der Waals surface area contributed by atoms with Crippen molar-refractivity contribution in [3.8, 4) is 5.75 Å². The Balaban J connectivity index is 0.00000364. The van der Waals surface area contributed by atoms with E-state index in [2.05, 4.69) is 0 Å². The standard InChI is InChI=1S/C18H29N3O4S.ClH/c1-13(2)15-7-6-8-16(14(3)4)17(15)25-18(22)19-26(23,24)21-11-9-20(5)10-12-21;/h6-8,13-14H,9-12H2,1-5H3,(H,19,22);1H. The van der Waals surface area contributed by atoms with Crippen molar-refractivity contribution in [2.24, 2.45) is 0 Å². The molecule has 0 atom stereocenters. The van der Waals surface area contributed by atoms with Crippen LogP contribution in [0.4, 0.5) is 4.79 Å². The second-order valence-electron chi connectivity index (χ2n) is 7.27. The van der Waals surface area contributed by atoms with Crippen molar-refractivity contribution in [1.82, 2.24) is 13.9 Å². The van der Waals surface area contributed by atoms with E-state index in [0.29, 0.717) is 31.9 Å². The van der Waals surface area contributed by atoms with Gasteiger partial charge in [-0.25, -0.2) is 9.52 Å². The van der Waals surface area contributed by atoms with Gasteiger partial charge in [0, 0.05) is 26.2 Å². The number of para-hydroxylation sites is 1. The number of carbonyl (C=O) groups excluding carboxylic acids is 1. The summed E-state index contributed by atoms with van der Waals surface area (Å²) in [7, 11) is -1.98. The zero-order valence-corrected chi connectivity index (χ0v) is 18.2. The normalized spacial score (nSPS) is 16.3. The summed E-state index contributed by atoms with van der Waals surface area (Å²) in [6.07, 6.45) is -0.973. The third kappa shape index (κ3) is 6.07. The summed E-state index contributed by atoms with van der Waals surface area (Å²) in [6, 6.07) is 5.72. The molecular weight excluding hydrogens is 390 g/mol. The molecule has 1 saturated heterocycles. The Bertz CT molecular complexity index is 719. The zero-order valence-electron chi connectivity index (χ0n) is 16.6. The van der Waals surface area contributed by atoms with Crippen LogP contribution in [-0.2, 0) is 10.2 Å². The van der Waals surface area contributed by atoms with Crippen LogP contribution >= 0.6 is 12.4 Å². The van der Waals surface area contributed by atoms with E-state index >= 15 is 0 Å². The van der Waals surface area contributed by atoms with Gasteiger partial charge in [0.2, 0.25) is 0 Å². The Morgan fingerprint density at radius 3 is 1.96 bits per heavy atom. The van der Waals surface area contributed by atoms with Crippen molar-refractivity contribution in [1.29, 1.82) is 0 Å². The summed E-state index contributed by atoms with van der Waals surface area (Å²) < 4.78 is 33.6. The van der Waals surface area contributed by atoms with E-state index in [1.165, 1.54) is 4.31 Å². The van der Waals surface area contributed by atoms with E-state index < -0.39 is 16.3 Å². The second-order valence-corrected chi connectivity index (χ2v) is 8.94. The van der Waals surface area contributed by atoms with Crippen molar-refractivity contribution in [3.05, 3.63) is 29.3 Å². The highest BCUT2D eigenvalue weighted by Crippen LogP contribution is 2.34. The lowest BCUT2D eigenvalue weighted by atomic mass is 9.94. The maximum absolute atomic E-state index is 12.4. The molecule has 0 saturated carbocycles. The SMILES string of the molecule is CC(C)c1cccc(C(C)C)c1OC(=O)NS(=O)(=O)N1CCN(C)CC1.Cl. The van der Waals surface area contributed by atoms with Crippen LogP contribution in [0.3, 0.4) is 0 Å². The van der Waals surface area contributed by atoms with Crippen LogP contribution in [0.5, 0.6) is 5.75 Å². The summed E-state index contributed by atoms with van der Waals surface area (Å²) in [4.78, 5) is 14.4. The highest BCUT2D eigenvalue weighted by atomic mass is 35.5. The highest BCUT2D eigenvalue weighted by Gasteiger charge is 2.28. The molecule has 2 rings (SSSR count). The number of benzene rings is 1. The summed E-state index contributed by atoms with van der Waals surface area (Å²) in [5.74, 6) is 0.736. The first kappa shape index (κ1) is 23.7. The number of carbonyl (C=O) groups is 1. The molecule has 7 nitrogen and oxygen atoms in total. The molecule has 1 fully saturated rings. The Labute approximate surface area is 168 Å². The van der Waals surface area contributed by atoms with Gasteiger partial charge in [-0.1, -0.05) is 45.9 Å². The van der Waals surface area contributed by atoms with Crippen LogP contribution in [0.1, 0.15) is 50.7 Å². The van der Waals surface area contributed by atoms with Crippen LogP contribution in [0.15, 0.2) is 18.2 Å². The van der Waals surface area contributed by atoms with E-state index in [9.17, 15) is 13.2 Å². The molecule has 0 aliphatic carbocycles. The van der Waals surface area contributed by atoms with Crippen LogP contribution in [0.2, 0.25) is 0 Å². The number of hydrogen-bond acceptors (Lipinski definition) is 5. The average molecular weight is 420 g/mol. The smallest absolute Gasteiger partial charge is 0.409 e. The molecule has 1 heterocycles. The molecule has 1 N–H and O–H groups in total. The Morgan fingerprint density at radius 1 is 1.04 bits per heavy atom. The molecule has 0 aromatic heterocycles. The molecule has 1 aromatic rings. The molecule has 0 radical (unpaired) electrons. The largest absolute Gasteiger partial charge is 0.427 e. The van der Waals surface area contributed by atoms with Gasteiger partial charge in [-0.3, -0.25) is 0 Å². The molecule has 1 aliphatic heterocycles. The molecule has 0 spiro atoms. The van der Waals surface area contributed by atoms with Gasteiger partial charge in [-0.05, 0) is 30.0 Å². The second kappa shape index (κ2) is 9.73. The minimum Gasteiger partial charge on any atom is -0.409 e. The molecular formula is C18H30ClN3O4S. The lowest BCUT2D eigenvalue weighted by Crippen LogP contribution is -2.52. The number of rotatable bonds is 5. The fourth-order valence-electron chi connectivity index (χ4n) is 2.91. The van der Waals surface area contributed by atoms with Crippen molar-refractivity contribution in [3.63, 3.8) is 0 Å². The monoisotopic (exact) mass is 419 g/mol. The van der Waals surface area contributed by atoms with Gasteiger partial charge >= 0.3 is 16.3 Å². The summed E-state index contributed by atoms with van der Waals surface area (Å²) in [5, 5.41) is 0. The van der Waals surface area contributed by atoms with Gasteiger partial charge in [-0.2, -0.15) is 12.7 Å². The first-order valence-electron chi connectivity index (χ1n) is 8.93. The van der Waals surface area contributed by atoms with Gasteiger partial charge in [0.25, 0.3) is 0 Å². The molecule has 0 bridgehead atoms. The van der Waals surface area contributed by atoms with Crippen molar-refractivity contribution in [2.45, 2.75) is 39.5 Å². The topological polar surface area (TPSA) is 78.9 Å². The van der Waals surface area contributed by atoms with Gasteiger partial charge in [-0.15, -0.1) is 12.4 Å². The van der Waals surface area contributed by atoms with Crippen molar-refractivity contribution >= 4 is 28.7 Å². The molecule has 1 aromatic carbocycles. The molecule has 1 aliphatic rings. The third-order valence-electron chi connectivity index (χ3n) is 4.53. The van der Waals surface area contributed by atoms with Crippen LogP contribution < -0.4 is 9.46 Å². The summed E-state index contributed by atoms with van der Waals surface area (Å²) >= 11 is 0. The van der Waals surface area contributed by atoms with E-state index in [-0.39, 0.29) is 24.2 Å². The number of ether oxygens (including phenoxy) is 1. The fourth-order valence-corrected chi connectivity index (χ4v) is 3.94. The van der Waals surface area contributed by atoms with E-state index in [4.69, 9.17) is 4.74 Å². The Hall–Kier alpha value is -1.35. The lowest BCUT2D eigenvalue weighted by Gasteiger charge is -2.31. The number of amides is 1. The minimum atomic E-state index is -3.91. The number of piperazine rings is 1.